The van der Waals surface area contributed by atoms with Gasteiger partial charge in [0.1, 0.15) is 11.5 Å². The van der Waals surface area contributed by atoms with Gasteiger partial charge in [-0.3, -0.25) is 0 Å². The number of rotatable bonds is 3. The van der Waals surface area contributed by atoms with Crippen molar-refractivity contribution < 1.29 is 29.6 Å². The minimum absolute atomic E-state index is 0.0564. The number of carboxylic acid groups (broad SMARTS) is 1. The average molecular weight is 576 g/mol. The van der Waals surface area contributed by atoms with Gasteiger partial charge in [-0.15, -0.1) is 0 Å². The lowest BCUT2D eigenvalue weighted by molar-refractivity contribution is 0.0230. The molecule has 6 nitrogen and oxygen atoms in total. The molecule has 3 aromatic carbocycles. The number of fused-ring (bicyclic) bond motifs is 1. The molecule has 3 aromatic rings. The van der Waals surface area contributed by atoms with Crippen LogP contribution in [0.2, 0.25) is 0 Å². The van der Waals surface area contributed by atoms with Crippen LogP contribution in [0.15, 0.2) is 39.3 Å². The zero-order valence-electron chi connectivity index (χ0n) is 18.2. The van der Waals surface area contributed by atoms with Gasteiger partial charge in [-0.05, 0) is 93.9 Å². The maximum Gasteiger partial charge on any atom is 0.340 e. The topological polar surface area (TPSA) is 104 Å². The number of ether oxygens (including phenoxy) is 1. The Bertz CT molecular complexity index is 1310. The van der Waals surface area contributed by atoms with E-state index in [1.807, 2.05) is 0 Å². The van der Waals surface area contributed by atoms with E-state index < -0.39 is 17.5 Å². The highest BCUT2D eigenvalue weighted by Gasteiger charge is 2.55. The molecule has 0 radical (unpaired) electrons. The van der Waals surface area contributed by atoms with Crippen molar-refractivity contribution in [2.24, 2.45) is 0 Å². The fraction of sp³-hybridized carbons (Fsp3) is 0.200. The van der Waals surface area contributed by atoms with Gasteiger partial charge in [-0.2, -0.15) is 0 Å². The van der Waals surface area contributed by atoms with Crippen molar-refractivity contribution in [2.45, 2.75) is 33.3 Å². The molecule has 0 saturated heterocycles. The number of aromatic carboxylic acids is 1. The second-order valence-electron chi connectivity index (χ2n) is 8.20. The van der Waals surface area contributed by atoms with Crippen molar-refractivity contribution in [2.75, 3.05) is 0 Å². The third kappa shape index (κ3) is 3.19. The Kier molecular flexibility index (Phi) is 5.57. The van der Waals surface area contributed by atoms with Crippen molar-refractivity contribution >= 4 is 43.8 Å². The summed E-state index contributed by atoms with van der Waals surface area (Å²) in [5, 5.41) is 32.7. The maximum atomic E-state index is 13.1. The fourth-order valence-electron chi connectivity index (χ4n) is 4.78. The van der Waals surface area contributed by atoms with Crippen molar-refractivity contribution in [1.82, 2.24) is 0 Å². The van der Waals surface area contributed by atoms with Crippen LogP contribution < -0.4 is 0 Å². The number of carbonyl (C=O) groups is 2. The number of carboxylic acids is 1. The molecule has 0 aliphatic carbocycles. The van der Waals surface area contributed by atoms with Gasteiger partial charge in [0.05, 0.1) is 31.2 Å². The van der Waals surface area contributed by atoms with E-state index in [1.165, 1.54) is 18.2 Å². The van der Waals surface area contributed by atoms with Crippen molar-refractivity contribution in [3.05, 3.63) is 89.3 Å². The number of aryl methyl sites for hydroxylation is 4. The van der Waals surface area contributed by atoms with Crippen LogP contribution in [-0.2, 0) is 10.3 Å². The highest BCUT2D eigenvalue weighted by molar-refractivity contribution is 9.11. The average Bonchev–Trinajstić information content (AvgIpc) is 3.03. The summed E-state index contributed by atoms with van der Waals surface area (Å²) in [6, 6.07) is 7.92. The number of hydrogen-bond donors (Lipinski definition) is 3. The van der Waals surface area contributed by atoms with Gasteiger partial charge in [0, 0.05) is 5.56 Å². The summed E-state index contributed by atoms with van der Waals surface area (Å²) in [6.07, 6.45) is 0. The molecule has 0 aromatic heterocycles. The fourth-order valence-corrected chi connectivity index (χ4v) is 5.40. The molecular weight excluding hydrogens is 556 g/mol. The molecule has 0 saturated carbocycles. The van der Waals surface area contributed by atoms with Crippen LogP contribution in [-0.4, -0.2) is 27.3 Å². The third-order valence-corrected chi connectivity index (χ3v) is 8.06. The SMILES string of the molecule is Cc1cc(C)c(C2(c3c(C)cc(C)c(Br)c3O)OC(=O)c3cccc(C(=O)O)c32)c(O)c1Br. The Hall–Kier alpha value is -2.84. The summed E-state index contributed by atoms with van der Waals surface area (Å²) < 4.78 is 6.79. The predicted molar refractivity (Wildman–Crippen MR) is 129 cm³/mol. The lowest BCUT2D eigenvalue weighted by atomic mass is 9.73. The first kappa shape index (κ1) is 23.3. The molecule has 1 aliphatic heterocycles. The lowest BCUT2D eigenvalue weighted by Gasteiger charge is -2.35. The molecule has 0 fully saturated rings. The molecule has 0 bridgehead atoms. The third-order valence-electron chi connectivity index (χ3n) is 6.05. The Balaban J connectivity index is 2.32. The van der Waals surface area contributed by atoms with Crippen LogP contribution in [0.4, 0.5) is 0 Å². The normalized spacial score (nSPS) is 14.2. The monoisotopic (exact) mass is 574 g/mol. The number of carbonyl (C=O) groups excluding carboxylic acids is 1. The van der Waals surface area contributed by atoms with Crippen LogP contribution in [0, 0.1) is 27.7 Å². The number of esters is 1. The first-order valence-corrected chi connectivity index (χ1v) is 11.6. The maximum absolute atomic E-state index is 13.1. The Morgan fingerprint density at radius 3 is 1.79 bits per heavy atom. The van der Waals surface area contributed by atoms with Crippen molar-refractivity contribution in [1.29, 1.82) is 0 Å². The van der Waals surface area contributed by atoms with Crippen LogP contribution in [0.5, 0.6) is 11.5 Å². The molecule has 0 unspecified atom stereocenters. The number of aromatic hydroxyl groups is 2. The van der Waals surface area contributed by atoms with Crippen LogP contribution in [0.25, 0.3) is 0 Å². The Morgan fingerprint density at radius 1 is 0.848 bits per heavy atom. The number of benzene rings is 3. The molecule has 1 heterocycles. The summed E-state index contributed by atoms with van der Waals surface area (Å²) in [4.78, 5) is 25.4. The van der Waals surface area contributed by atoms with E-state index >= 15 is 0 Å². The van der Waals surface area contributed by atoms with Crippen molar-refractivity contribution in [3.8, 4) is 11.5 Å². The van der Waals surface area contributed by atoms with E-state index in [0.29, 0.717) is 20.1 Å². The number of hydrogen-bond acceptors (Lipinski definition) is 5. The summed E-state index contributed by atoms with van der Waals surface area (Å²) >= 11 is 6.79. The minimum atomic E-state index is -1.91. The summed E-state index contributed by atoms with van der Waals surface area (Å²) in [5.41, 5.74) is 1.00. The first-order valence-electron chi connectivity index (χ1n) is 10.0. The molecular formula is C25H20Br2O6. The lowest BCUT2D eigenvalue weighted by Crippen LogP contribution is -2.33. The van der Waals surface area contributed by atoms with E-state index in [0.717, 1.165) is 11.1 Å². The van der Waals surface area contributed by atoms with E-state index in [2.05, 4.69) is 31.9 Å². The van der Waals surface area contributed by atoms with Gasteiger partial charge in [0.15, 0.2) is 5.60 Å². The Labute approximate surface area is 207 Å². The van der Waals surface area contributed by atoms with E-state index in [-0.39, 0.29) is 39.3 Å². The molecule has 8 heteroatoms. The van der Waals surface area contributed by atoms with Gasteiger partial charge in [0.2, 0.25) is 0 Å². The highest BCUT2D eigenvalue weighted by Crippen LogP contribution is 2.57. The van der Waals surface area contributed by atoms with Crippen LogP contribution >= 0.6 is 31.9 Å². The number of halogens is 2. The molecule has 0 spiro atoms. The van der Waals surface area contributed by atoms with Gasteiger partial charge in [-0.25, -0.2) is 9.59 Å². The molecule has 170 valence electrons. The highest BCUT2D eigenvalue weighted by atomic mass is 79.9. The van der Waals surface area contributed by atoms with E-state index in [1.54, 1.807) is 39.8 Å². The smallest absolute Gasteiger partial charge is 0.340 e. The summed E-state index contributed by atoms with van der Waals surface area (Å²) in [6.45, 7) is 7.08. The zero-order chi connectivity index (χ0) is 24.4. The second kappa shape index (κ2) is 7.88. The number of phenols is 2. The standard InChI is InChI=1S/C25H20Br2O6/c1-10-8-12(3)19(26)21(28)16(10)25(17-11(2)9-13(4)20(27)22(17)29)18-14(23(30)31)6-5-7-15(18)24(32)33-25/h5-9,28-29H,1-4H3,(H,30,31). The molecule has 4 rings (SSSR count). The van der Waals surface area contributed by atoms with Gasteiger partial charge in [-0.1, -0.05) is 18.2 Å². The Morgan fingerprint density at radius 2 is 1.33 bits per heavy atom. The van der Waals surface area contributed by atoms with Gasteiger partial charge < -0.3 is 20.1 Å². The first-order chi connectivity index (χ1) is 15.4. The van der Waals surface area contributed by atoms with Gasteiger partial charge in [0.25, 0.3) is 0 Å². The van der Waals surface area contributed by atoms with Crippen LogP contribution in [0.3, 0.4) is 0 Å². The largest absolute Gasteiger partial charge is 0.506 e. The summed E-state index contributed by atoms with van der Waals surface area (Å²) in [5.74, 6) is -2.42. The molecule has 3 N–H and O–H groups in total. The van der Waals surface area contributed by atoms with E-state index in [9.17, 15) is 24.9 Å². The van der Waals surface area contributed by atoms with Crippen LogP contribution in [0.1, 0.15) is 59.7 Å². The summed E-state index contributed by atoms with van der Waals surface area (Å²) in [7, 11) is 0. The van der Waals surface area contributed by atoms with Gasteiger partial charge >= 0.3 is 11.9 Å². The molecule has 33 heavy (non-hydrogen) atoms. The number of cyclic esters (lactones) is 1. The molecule has 0 atom stereocenters. The molecule has 0 amide bonds. The molecule has 1 aliphatic rings. The second-order valence-corrected chi connectivity index (χ2v) is 9.79. The number of phenolic OH excluding ortho intramolecular Hbond substituents is 2. The quantitative estimate of drug-likeness (QED) is 0.330. The van der Waals surface area contributed by atoms with E-state index in [4.69, 9.17) is 4.74 Å². The minimum Gasteiger partial charge on any atom is -0.506 e. The predicted octanol–water partition coefficient (Wildman–Crippen LogP) is 6.02. The van der Waals surface area contributed by atoms with Crippen molar-refractivity contribution in [3.63, 3.8) is 0 Å². The zero-order valence-corrected chi connectivity index (χ0v) is 21.4.